The number of benzene rings is 1. The fraction of sp³-hybridized carbons (Fsp3) is 0.182. The Morgan fingerprint density at radius 1 is 1.43 bits per heavy atom. The van der Waals surface area contributed by atoms with Crippen molar-refractivity contribution in [3.8, 4) is 0 Å². The van der Waals surface area contributed by atoms with Crippen LogP contribution in [0.3, 0.4) is 0 Å². The first kappa shape index (κ1) is 9.69. The Morgan fingerprint density at radius 2 is 2.29 bits per heavy atom. The van der Waals surface area contributed by atoms with E-state index < -0.39 is 0 Å². The van der Waals surface area contributed by atoms with Crippen LogP contribution in [0.15, 0.2) is 29.6 Å². The van der Waals surface area contributed by atoms with Gasteiger partial charge in [-0.05, 0) is 24.6 Å². The Hall–Kier alpha value is -0.860. The molecule has 1 nitrogen and oxygen atoms in total. The molecule has 14 heavy (non-hydrogen) atoms. The quantitative estimate of drug-likeness (QED) is 0.757. The number of thiazole rings is 1. The molecule has 0 aliphatic rings. The first-order valence-corrected chi connectivity index (χ1v) is 5.65. The Morgan fingerprint density at radius 3 is 2.93 bits per heavy atom. The van der Waals surface area contributed by atoms with Crippen LogP contribution in [-0.2, 0) is 6.42 Å². The highest BCUT2D eigenvalue weighted by atomic mass is 35.5. The predicted octanol–water partition coefficient (Wildman–Crippen LogP) is 3.70. The number of nitrogens with zero attached hydrogens (tertiary/aromatic N) is 1. The van der Waals surface area contributed by atoms with Crippen molar-refractivity contribution in [1.82, 2.24) is 4.98 Å². The summed E-state index contributed by atoms with van der Waals surface area (Å²) in [7, 11) is 0. The van der Waals surface area contributed by atoms with Crippen molar-refractivity contribution in [3.05, 3.63) is 50.9 Å². The highest BCUT2D eigenvalue weighted by molar-refractivity contribution is 7.09. The Bertz CT molecular complexity index is 436. The first-order chi connectivity index (χ1) is 6.74. The minimum Gasteiger partial charge on any atom is -0.246 e. The Labute approximate surface area is 92.4 Å². The average Bonchev–Trinajstić information content (AvgIpc) is 2.51. The molecule has 72 valence electrons. The molecule has 0 N–H and O–H groups in total. The molecule has 1 aromatic carbocycles. The van der Waals surface area contributed by atoms with Crippen LogP contribution in [0.2, 0.25) is 5.02 Å². The van der Waals surface area contributed by atoms with Crippen LogP contribution in [0.1, 0.15) is 16.3 Å². The lowest BCUT2D eigenvalue weighted by Gasteiger charge is -1.97. The number of aromatic nitrogens is 1. The zero-order valence-corrected chi connectivity index (χ0v) is 9.40. The molecule has 0 atom stereocenters. The van der Waals surface area contributed by atoms with E-state index in [1.54, 1.807) is 11.3 Å². The number of rotatable bonds is 2. The van der Waals surface area contributed by atoms with E-state index in [-0.39, 0.29) is 0 Å². The summed E-state index contributed by atoms with van der Waals surface area (Å²) < 4.78 is 0. The molecular weight excluding hydrogens is 214 g/mol. The lowest BCUT2D eigenvalue weighted by Crippen LogP contribution is -1.86. The molecule has 1 heterocycles. The van der Waals surface area contributed by atoms with E-state index >= 15 is 0 Å². The normalized spacial score (nSPS) is 10.4. The molecular formula is C11H10ClNS. The molecule has 1 aromatic heterocycles. The maximum absolute atomic E-state index is 5.90. The van der Waals surface area contributed by atoms with Crippen molar-refractivity contribution >= 4 is 22.9 Å². The van der Waals surface area contributed by atoms with E-state index in [9.17, 15) is 0 Å². The van der Waals surface area contributed by atoms with E-state index in [1.165, 1.54) is 5.56 Å². The zero-order valence-electron chi connectivity index (χ0n) is 7.83. The predicted molar refractivity (Wildman–Crippen MR) is 61.1 cm³/mol. The van der Waals surface area contributed by atoms with Gasteiger partial charge in [-0.2, -0.15) is 0 Å². The fourth-order valence-corrected chi connectivity index (χ4v) is 2.32. The summed E-state index contributed by atoms with van der Waals surface area (Å²) in [4.78, 5) is 4.41. The number of halogens is 1. The van der Waals surface area contributed by atoms with E-state index in [4.69, 9.17) is 11.6 Å². The van der Waals surface area contributed by atoms with Gasteiger partial charge in [0.1, 0.15) is 0 Å². The van der Waals surface area contributed by atoms with E-state index in [2.05, 4.69) is 16.4 Å². The van der Waals surface area contributed by atoms with Crippen LogP contribution < -0.4 is 0 Å². The summed E-state index contributed by atoms with van der Waals surface area (Å²) in [5.74, 6) is 0. The van der Waals surface area contributed by atoms with E-state index in [0.717, 1.165) is 22.1 Å². The highest BCUT2D eigenvalue weighted by Gasteiger charge is 2.00. The number of hydrogen-bond donors (Lipinski definition) is 0. The van der Waals surface area contributed by atoms with Crippen molar-refractivity contribution in [2.45, 2.75) is 13.3 Å². The van der Waals surface area contributed by atoms with Gasteiger partial charge in [0.05, 0.1) is 5.01 Å². The minimum absolute atomic E-state index is 0.788. The van der Waals surface area contributed by atoms with Gasteiger partial charge < -0.3 is 0 Å². The van der Waals surface area contributed by atoms with E-state index in [0.29, 0.717) is 0 Å². The molecule has 0 aliphatic heterocycles. The summed E-state index contributed by atoms with van der Waals surface area (Å²) in [5.41, 5.74) is 2.30. The smallest absolute Gasteiger partial charge is 0.0972 e. The standard InChI is InChI=1S/C11H10ClNS/c1-8-7-14-11(13-8)6-9-3-2-4-10(12)5-9/h2-5,7H,6H2,1H3. The SMILES string of the molecule is Cc1csc(Cc2cccc(Cl)c2)n1. The highest BCUT2D eigenvalue weighted by Crippen LogP contribution is 2.17. The Kier molecular flexibility index (Phi) is 2.85. The third-order valence-corrected chi connectivity index (χ3v) is 3.11. The molecule has 2 aromatic rings. The monoisotopic (exact) mass is 223 g/mol. The average molecular weight is 224 g/mol. The van der Waals surface area contributed by atoms with Crippen LogP contribution in [0.25, 0.3) is 0 Å². The molecule has 0 spiro atoms. The van der Waals surface area contributed by atoms with Crippen molar-refractivity contribution < 1.29 is 0 Å². The maximum atomic E-state index is 5.90. The lowest BCUT2D eigenvalue weighted by molar-refractivity contribution is 1.10. The Balaban J connectivity index is 2.18. The second kappa shape index (κ2) is 4.11. The van der Waals surface area contributed by atoms with Gasteiger partial charge in [-0.1, -0.05) is 23.7 Å². The summed E-state index contributed by atoms with van der Waals surface area (Å²) in [5, 5.41) is 4.00. The molecule has 0 unspecified atom stereocenters. The van der Waals surface area contributed by atoms with Gasteiger partial charge in [0.2, 0.25) is 0 Å². The molecule has 0 fully saturated rings. The van der Waals surface area contributed by atoms with Gasteiger partial charge in [0.15, 0.2) is 0 Å². The van der Waals surface area contributed by atoms with Gasteiger partial charge >= 0.3 is 0 Å². The molecule has 0 saturated carbocycles. The molecule has 0 saturated heterocycles. The van der Waals surface area contributed by atoms with Gasteiger partial charge in [-0.25, -0.2) is 4.98 Å². The minimum atomic E-state index is 0.788. The van der Waals surface area contributed by atoms with Gasteiger partial charge in [-0.15, -0.1) is 11.3 Å². The largest absolute Gasteiger partial charge is 0.246 e. The summed E-state index contributed by atoms with van der Waals surface area (Å²) in [6, 6.07) is 7.91. The van der Waals surface area contributed by atoms with Crippen molar-refractivity contribution in [3.63, 3.8) is 0 Å². The van der Waals surface area contributed by atoms with Crippen LogP contribution in [0.5, 0.6) is 0 Å². The first-order valence-electron chi connectivity index (χ1n) is 4.39. The molecule has 0 aliphatic carbocycles. The third-order valence-electron chi connectivity index (χ3n) is 1.91. The molecule has 0 amide bonds. The van der Waals surface area contributed by atoms with Gasteiger partial charge in [0.25, 0.3) is 0 Å². The van der Waals surface area contributed by atoms with Crippen LogP contribution in [0, 0.1) is 6.92 Å². The maximum Gasteiger partial charge on any atom is 0.0972 e. The summed E-state index contributed by atoms with van der Waals surface area (Å²) in [6.07, 6.45) is 0.874. The summed E-state index contributed by atoms with van der Waals surface area (Å²) >= 11 is 7.60. The molecule has 3 heteroatoms. The van der Waals surface area contributed by atoms with Crippen molar-refractivity contribution in [2.75, 3.05) is 0 Å². The summed E-state index contributed by atoms with van der Waals surface area (Å²) in [6.45, 7) is 2.01. The molecule has 0 radical (unpaired) electrons. The molecule has 2 rings (SSSR count). The van der Waals surface area contributed by atoms with Gasteiger partial charge in [-0.3, -0.25) is 0 Å². The number of aryl methyl sites for hydroxylation is 1. The zero-order chi connectivity index (χ0) is 9.97. The lowest BCUT2D eigenvalue weighted by atomic mass is 10.2. The van der Waals surface area contributed by atoms with Crippen LogP contribution in [0.4, 0.5) is 0 Å². The molecule has 0 bridgehead atoms. The third kappa shape index (κ3) is 2.34. The van der Waals surface area contributed by atoms with Crippen LogP contribution in [-0.4, -0.2) is 4.98 Å². The second-order valence-corrected chi connectivity index (χ2v) is 4.57. The van der Waals surface area contributed by atoms with Crippen molar-refractivity contribution in [2.24, 2.45) is 0 Å². The van der Waals surface area contributed by atoms with Crippen molar-refractivity contribution in [1.29, 1.82) is 0 Å². The van der Waals surface area contributed by atoms with Gasteiger partial charge in [0, 0.05) is 22.5 Å². The van der Waals surface area contributed by atoms with E-state index in [1.807, 2.05) is 25.1 Å². The van der Waals surface area contributed by atoms with Crippen LogP contribution >= 0.6 is 22.9 Å². The second-order valence-electron chi connectivity index (χ2n) is 3.19. The number of hydrogen-bond acceptors (Lipinski definition) is 2. The topological polar surface area (TPSA) is 12.9 Å². The fourth-order valence-electron chi connectivity index (χ4n) is 1.31.